The zero-order valence-electron chi connectivity index (χ0n) is 19.7. The van der Waals surface area contributed by atoms with Crippen LogP contribution in [0.15, 0.2) is 53.4 Å². The van der Waals surface area contributed by atoms with Gasteiger partial charge in [-0.1, -0.05) is 32.9 Å². The molecule has 0 bridgehead atoms. The van der Waals surface area contributed by atoms with Crippen molar-refractivity contribution in [2.45, 2.75) is 57.6 Å². The third-order valence-corrected chi connectivity index (χ3v) is 6.59. The average molecular weight is 476 g/mol. The van der Waals surface area contributed by atoms with E-state index >= 15 is 0 Å². The maximum absolute atomic E-state index is 13.0. The van der Waals surface area contributed by atoms with Crippen LogP contribution in [-0.2, 0) is 26.2 Å². The normalized spacial score (nSPS) is 16.4. The van der Waals surface area contributed by atoms with Gasteiger partial charge in [0.25, 0.3) is 0 Å². The Bertz CT molecular complexity index is 1020. The van der Waals surface area contributed by atoms with Gasteiger partial charge in [0.05, 0.1) is 13.2 Å². The molecule has 1 saturated heterocycles. The minimum Gasteiger partial charge on any atom is -0.497 e. The fraction of sp³-hybridized carbons (Fsp3) is 0.480. The summed E-state index contributed by atoms with van der Waals surface area (Å²) in [7, 11) is -2.45. The zero-order valence-corrected chi connectivity index (χ0v) is 20.6. The van der Waals surface area contributed by atoms with E-state index < -0.39 is 10.1 Å². The summed E-state index contributed by atoms with van der Waals surface area (Å²) in [6.45, 7) is 7.86. The van der Waals surface area contributed by atoms with Gasteiger partial charge in [0, 0.05) is 26.1 Å². The first kappa shape index (κ1) is 25.1. The van der Waals surface area contributed by atoms with Crippen molar-refractivity contribution in [2.24, 2.45) is 5.41 Å². The summed E-state index contributed by atoms with van der Waals surface area (Å²) in [6, 6.07) is 12.8. The molecule has 2 aromatic rings. The number of rotatable bonds is 9. The van der Waals surface area contributed by atoms with E-state index in [2.05, 4.69) is 0 Å². The van der Waals surface area contributed by atoms with Crippen molar-refractivity contribution in [3.05, 3.63) is 54.1 Å². The third-order valence-electron chi connectivity index (χ3n) is 5.33. The highest BCUT2D eigenvalue weighted by Gasteiger charge is 2.26. The van der Waals surface area contributed by atoms with E-state index in [1.807, 2.05) is 25.7 Å². The molecule has 7 nitrogen and oxygen atoms in total. The van der Waals surface area contributed by atoms with Gasteiger partial charge in [0.15, 0.2) is 0 Å². The van der Waals surface area contributed by atoms with Crippen molar-refractivity contribution in [3.8, 4) is 11.5 Å². The summed E-state index contributed by atoms with van der Waals surface area (Å²) in [5.41, 5.74) is 0.781. The lowest BCUT2D eigenvalue weighted by Gasteiger charge is -2.29. The van der Waals surface area contributed by atoms with Crippen LogP contribution in [0.3, 0.4) is 0 Å². The number of carbonyl (C=O) groups is 1. The lowest BCUT2D eigenvalue weighted by atomic mass is 9.91. The number of ether oxygens (including phenoxy) is 2. The molecular formula is C25H33NO6S. The average Bonchev–Trinajstić information content (AvgIpc) is 3.26. The van der Waals surface area contributed by atoms with E-state index in [4.69, 9.17) is 13.7 Å². The Balaban J connectivity index is 1.68. The molecule has 1 amide bonds. The predicted molar refractivity (Wildman–Crippen MR) is 126 cm³/mol. The number of hydrogen-bond acceptors (Lipinski definition) is 6. The summed E-state index contributed by atoms with van der Waals surface area (Å²) in [5.74, 6) is 0.855. The Labute approximate surface area is 196 Å². The van der Waals surface area contributed by atoms with Gasteiger partial charge in [0.1, 0.15) is 16.4 Å². The molecule has 33 heavy (non-hydrogen) atoms. The monoisotopic (exact) mass is 475 g/mol. The van der Waals surface area contributed by atoms with Gasteiger partial charge in [-0.05, 0) is 60.2 Å². The molecule has 1 aliphatic rings. The SMILES string of the molecule is COc1ccc(S(=O)(=O)Oc2ccc(CN(C[C@@H]3CCCO3)C(=O)CC(C)(C)C)cc2)cc1. The standard InChI is InChI=1S/C25H33NO6S/c1-25(2,3)16-24(27)26(18-22-6-5-15-31-22)17-19-7-9-21(10-8-19)32-33(28,29)23-13-11-20(30-4)12-14-23/h7-14,22H,5-6,15-18H2,1-4H3/t22-/m0/s1. The largest absolute Gasteiger partial charge is 0.497 e. The summed E-state index contributed by atoms with van der Waals surface area (Å²) < 4.78 is 41.2. The van der Waals surface area contributed by atoms with Gasteiger partial charge in [-0.15, -0.1) is 0 Å². The van der Waals surface area contributed by atoms with Crippen LogP contribution in [-0.4, -0.2) is 45.6 Å². The first-order valence-electron chi connectivity index (χ1n) is 11.1. The number of benzene rings is 2. The molecule has 0 aromatic heterocycles. The summed E-state index contributed by atoms with van der Waals surface area (Å²) in [4.78, 5) is 14.8. The maximum Gasteiger partial charge on any atom is 0.339 e. The smallest absolute Gasteiger partial charge is 0.339 e. The second-order valence-corrected chi connectivity index (χ2v) is 11.0. The summed E-state index contributed by atoms with van der Waals surface area (Å²) >= 11 is 0. The highest BCUT2D eigenvalue weighted by Crippen LogP contribution is 2.24. The number of hydrogen-bond donors (Lipinski definition) is 0. The second-order valence-electron chi connectivity index (χ2n) is 9.50. The highest BCUT2D eigenvalue weighted by atomic mass is 32.2. The van der Waals surface area contributed by atoms with Crippen molar-refractivity contribution < 1.29 is 26.9 Å². The van der Waals surface area contributed by atoms with Crippen molar-refractivity contribution in [1.82, 2.24) is 4.90 Å². The van der Waals surface area contributed by atoms with E-state index in [0.717, 1.165) is 25.0 Å². The van der Waals surface area contributed by atoms with Crippen LogP contribution in [0.4, 0.5) is 0 Å². The van der Waals surface area contributed by atoms with Gasteiger partial charge in [-0.2, -0.15) is 8.42 Å². The van der Waals surface area contributed by atoms with Crippen LogP contribution in [0.2, 0.25) is 0 Å². The fourth-order valence-corrected chi connectivity index (χ4v) is 4.57. The predicted octanol–water partition coefficient (Wildman–Crippen LogP) is 4.41. The van der Waals surface area contributed by atoms with Crippen molar-refractivity contribution in [2.75, 3.05) is 20.3 Å². The van der Waals surface area contributed by atoms with Gasteiger partial charge < -0.3 is 18.6 Å². The van der Waals surface area contributed by atoms with E-state index in [0.29, 0.717) is 25.3 Å². The van der Waals surface area contributed by atoms with Gasteiger partial charge in [0.2, 0.25) is 5.91 Å². The first-order chi connectivity index (χ1) is 15.6. The van der Waals surface area contributed by atoms with Crippen LogP contribution >= 0.6 is 0 Å². The van der Waals surface area contributed by atoms with Crippen LogP contribution in [0, 0.1) is 5.41 Å². The molecule has 1 fully saturated rings. The van der Waals surface area contributed by atoms with Crippen molar-refractivity contribution in [1.29, 1.82) is 0 Å². The van der Waals surface area contributed by atoms with E-state index in [9.17, 15) is 13.2 Å². The van der Waals surface area contributed by atoms with Crippen LogP contribution in [0.25, 0.3) is 0 Å². The van der Waals surface area contributed by atoms with Gasteiger partial charge in [-0.3, -0.25) is 4.79 Å². The molecule has 8 heteroatoms. The molecule has 1 atom stereocenters. The Morgan fingerprint density at radius 1 is 1.06 bits per heavy atom. The maximum atomic E-state index is 13.0. The molecule has 0 aliphatic carbocycles. The molecule has 0 radical (unpaired) electrons. The van der Waals surface area contributed by atoms with E-state index in [1.165, 1.54) is 19.2 Å². The number of amides is 1. The van der Waals surface area contributed by atoms with Crippen LogP contribution in [0.5, 0.6) is 11.5 Å². The summed E-state index contributed by atoms with van der Waals surface area (Å²) in [6.07, 6.45) is 2.47. The first-order valence-corrected chi connectivity index (χ1v) is 12.5. The number of methoxy groups -OCH3 is 1. The molecular weight excluding hydrogens is 442 g/mol. The molecule has 0 spiro atoms. The molecule has 1 heterocycles. The molecule has 0 N–H and O–H groups in total. The third kappa shape index (κ3) is 7.47. The Hall–Kier alpha value is -2.58. The number of nitrogens with zero attached hydrogens (tertiary/aromatic N) is 1. The Morgan fingerprint density at radius 3 is 2.24 bits per heavy atom. The summed E-state index contributed by atoms with van der Waals surface area (Å²) in [5, 5.41) is 0. The minimum atomic E-state index is -3.96. The second kappa shape index (κ2) is 10.6. The van der Waals surface area contributed by atoms with E-state index in [-0.39, 0.29) is 28.1 Å². The molecule has 0 saturated carbocycles. The van der Waals surface area contributed by atoms with Crippen molar-refractivity contribution >= 4 is 16.0 Å². The number of carbonyl (C=O) groups excluding carboxylic acids is 1. The molecule has 2 aromatic carbocycles. The van der Waals surface area contributed by atoms with Gasteiger partial charge in [-0.25, -0.2) is 0 Å². The van der Waals surface area contributed by atoms with Crippen molar-refractivity contribution in [3.63, 3.8) is 0 Å². The molecule has 0 unspecified atom stereocenters. The molecule has 180 valence electrons. The lowest BCUT2D eigenvalue weighted by molar-refractivity contribution is -0.135. The highest BCUT2D eigenvalue weighted by molar-refractivity contribution is 7.87. The van der Waals surface area contributed by atoms with Crippen LogP contribution in [0.1, 0.15) is 45.6 Å². The minimum absolute atomic E-state index is 0.0443. The molecule has 1 aliphatic heterocycles. The topological polar surface area (TPSA) is 82.1 Å². The van der Waals surface area contributed by atoms with Gasteiger partial charge >= 0.3 is 10.1 Å². The zero-order chi connectivity index (χ0) is 24.1. The van der Waals surface area contributed by atoms with Crippen LogP contribution < -0.4 is 8.92 Å². The molecule has 3 rings (SSSR count). The Morgan fingerprint density at radius 2 is 1.70 bits per heavy atom. The Kier molecular flexibility index (Phi) is 8.02. The lowest BCUT2D eigenvalue weighted by Crippen LogP contribution is -2.38. The quantitative estimate of drug-likeness (QED) is 0.500. The fourth-order valence-electron chi connectivity index (χ4n) is 3.64. The van der Waals surface area contributed by atoms with E-state index in [1.54, 1.807) is 36.4 Å².